The highest BCUT2D eigenvalue weighted by Crippen LogP contribution is 2.24. The zero-order chi connectivity index (χ0) is 15.3. The summed E-state index contributed by atoms with van der Waals surface area (Å²) < 4.78 is 0.473. The third kappa shape index (κ3) is 4.02. The van der Waals surface area contributed by atoms with Crippen molar-refractivity contribution in [3.05, 3.63) is 38.3 Å². The average Bonchev–Trinajstić information content (AvgIpc) is 2.36. The summed E-state index contributed by atoms with van der Waals surface area (Å²) in [5.74, 6) is -1.82. The monoisotopic (exact) mass is 344 g/mol. The molecule has 0 heterocycles. The van der Waals surface area contributed by atoms with Crippen molar-refractivity contribution >= 4 is 33.5 Å². The van der Waals surface area contributed by atoms with E-state index in [1.165, 1.54) is 18.2 Å². The van der Waals surface area contributed by atoms with Gasteiger partial charge in [-0.05, 0) is 18.6 Å². The van der Waals surface area contributed by atoms with Crippen molar-refractivity contribution in [1.29, 1.82) is 0 Å². The molecule has 0 spiro atoms. The van der Waals surface area contributed by atoms with E-state index < -0.39 is 23.3 Å². The van der Waals surface area contributed by atoms with Gasteiger partial charge in [0.15, 0.2) is 0 Å². The Morgan fingerprint density at radius 1 is 1.45 bits per heavy atom. The van der Waals surface area contributed by atoms with Crippen LogP contribution < -0.4 is 0 Å². The number of carbonyl (C=O) groups excluding carboxylic acids is 1. The van der Waals surface area contributed by atoms with Gasteiger partial charge in [0.05, 0.1) is 4.92 Å². The molecule has 108 valence electrons. The van der Waals surface area contributed by atoms with Crippen LogP contribution in [-0.2, 0) is 4.79 Å². The second kappa shape index (κ2) is 6.99. The molecule has 1 N–H and O–H groups in total. The normalized spacial score (nSPS) is 10.1. The fraction of sp³-hybridized carbons (Fsp3) is 0.333. The Labute approximate surface area is 123 Å². The third-order valence-corrected chi connectivity index (χ3v) is 2.99. The maximum Gasteiger partial charge on any atom is 0.323 e. The molecule has 20 heavy (non-hydrogen) atoms. The molecule has 0 aromatic heterocycles. The van der Waals surface area contributed by atoms with E-state index in [-0.39, 0.29) is 17.8 Å². The molecule has 0 saturated carbocycles. The minimum atomic E-state index is -1.16. The lowest BCUT2D eigenvalue weighted by Crippen LogP contribution is -2.36. The lowest BCUT2D eigenvalue weighted by molar-refractivity contribution is -0.385. The van der Waals surface area contributed by atoms with E-state index in [9.17, 15) is 19.7 Å². The first-order valence-corrected chi connectivity index (χ1v) is 6.61. The minimum absolute atomic E-state index is 0.118. The summed E-state index contributed by atoms with van der Waals surface area (Å²) in [7, 11) is 0. The Morgan fingerprint density at radius 3 is 2.60 bits per heavy atom. The number of carboxylic acids is 1. The van der Waals surface area contributed by atoms with Gasteiger partial charge in [0, 0.05) is 17.1 Å². The molecular weight excluding hydrogens is 332 g/mol. The van der Waals surface area contributed by atoms with E-state index in [2.05, 4.69) is 15.9 Å². The highest BCUT2D eigenvalue weighted by Gasteiger charge is 2.25. The molecule has 0 bridgehead atoms. The quantitative estimate of drug-likeness (QED) is 0.630. The van der Waals surface area contributed by atoms with E-state index in [1.54, 1.807) is 6.92 Å². The van der Waals surface area contributed by atoms with Crippen molar-refractivity contribution in [2.45, 2.75) is 13.3 Å². The van der Waals surface area contributed by atoms with Crippen LogP contribution in [0.15, 0.2) is 22.7 Å². The summed E-state index contributed by atoms with van der Waals surface area (Å²) in [4.78, 5) is 34.4. The summed E-state index contributed by atoms with van der Waals surface area (Å²) in [5.41, 5.74) is -0.469. The van der Waals surface area contributed by atoms with Gasteiger partial charge in [-0.25, -0.2) is 0 Å². The SMILES string of the molecule is CCCN(CC(=O)O)C(=O)c1ccc(Br)cc1[N+](=O)[O-]. The van der Waals surface area contributed by atoms with Crippen LogP contribution >= 0.6 is 15.9 Å². The van der Waals surface area contributed by atoms with E-state index in [1.807, 2.05) is 0 Å². The summed E-state index contributed by atoms with van der Waals surface area (Å²) in [6.45, 7) is 1.52. The van der Waals surface area contributed by atoms with Crippen LogP contribution in [0, 0.1) is 10.1 Å². The van der Waals surface area contributed by atoms with Gasteiger partial charge in [0.25, 0.3) is 11.6 Å². The lowest BCUT2D eigenvalue weighted by atomic mass is 10.1. The Balaban J connectivity index is 3.17. The number of nitro benzene ring substituents is 1. The molecule has 0 fully saturated rings. The van der Waals surface area contributed by atoms with Gasteiger partial charge >= 0.3 is 5.97 Å². The number of rotatable bonds is 6. The fourth-order valence-corrected chi connectivity index (χ4v) is 2.04. The first-order chi connectivity index (χ1) is 9.36. The molecule has 0 saturated heterocycles. The molecule has 0 aliphatic rings. The molecule has 0 atom stereocenters. The van der Waals surface area contributed by atoms with Crippen LogP contribution in [0.5, 0.6) is 0 Å². The topological polar surface area (TPSA) is 101 Å². The summed E-state index contributed by atoms with van der Waals surface area (Å²) >= 11 is 3.10. The Hall–Kier alpha value is -1.96. The van der Waals surface area contributed by atoms with Crippen LogP contribution in [0.4, 0.5) is 5.69 Å². The molecular formula is C12H13BrN2O5. The Bertz CT molecular complexity index is 547. The molecule has 1 aromatic carbocycles. The van der Waals surface area contributed by atoms with Crippen LogP contribution in [-0.4, -0.2) is 39.9 Å². The molecule has 7 nitrogen and oxygen atoms in total. The first-order valence-electron chi connectivity index (χ1n) is 5.81. The standard InChI is InChI=1S/C12H13BrN2O5/c1-2-5-14(7-11(16)17)12(18)9-4-3-8(13)6-10(9)15(19)20/h3-4,6H,2,5,7H2,1H3,(H,16,17). The number of carbonyl (C=O) groups is 2. The van der Waals surface area contributed by atoms with Crippen molar-refractivity contribution in [3.8, 4) is 0 Å². The number of aliphatic carboxylic acids is 1. The predicted octanol–water partition coefficient (Wildman–Crippen LogP) is 2.29. The van der Waals surface area contributed by atoms with Gasteiger partial charge in [-0.2, -0.15) is 0 Å². The molecule has 1 amide bonds. The van der Waals surface area contributed by atoms with Crippen LogP contribution in [0.25, 0.3) is 0 Å². The average molecular weight is 345 g/mol. The number of nitrogens with zero attached hydrogens (tertiary/aromatic N) is 2. The number of benzene rings is 1. The van der Waals surface area contributed by atoms with Gasteiger partial charge in [-0.3, -0.25) is 19.7 Å². The zero-order valence-corrected chi connectivity index (χ0v) is 12.3. The zero-order valence-electron chi connectivity index (χ0n) is 10.7. The number of nitro groups is 1. The number of carboxylic acid groups (broad SMARTS) is 1. The number of halogens is 1. The Morgan fingerprint density at radius 2 is 2.10 bits per heavy atom. The van der Waals surface area contributed by atoms with E-state index in [0.29, 0.717) is 10.9 Å². The summed E-state index contributed by atoms with van der Waals surface area (Å²) in [5, 5.41) is 19.8. The molecule has 1 aromatic rings. The molecule has 0 aliphatic carbocycles. The maximum absolute atomic E-state index is 12.2. The van der Waals surface area contributed by atoms with Crippen molar-refractivity contribution in [2.75, 3.05) is 13.1 Å². The van der Waals surface area contributed by atoms with Crippen molar-refractivity contribution in [2.24, 2.45) is 0 Å². The maximum atomic E-state index is 12.2. The molecule has 0 unspecified atom stereocenters. The molecule has 1 rings (SSSR count). The fourth-order valence-electron chi connectivity index (χ4n) is 1.69. The highest BCUT2D eigenvalue weighted by molar-refractivity contribution is 9.10. The van der Waals surface area contributed by atoms with Gasteiger partial charge in [0.2, 0.25) is 0 Å². The summed E-state index contributed by atoms with van der Waals surface area (Å²) in [6, 6.07) is 4.04. The van der Waals surface area contributed by atoms with E-state index >= 15 is 0 Å². The van der Waals surface area contributed by atoms with Crippen LogP contribution in [0.3, 0.4) is 0 Å². The molecule has 0 aliphatic heterocycles. The van der Waals surface area contributed by atoms with Gasteiger partial charge in [0.1, 0.15) is 12.1 Å². The van der Waals surface area contributed by atoms with E-state index in [0.717, 1.165) is 4.90 Å². The van der Waals surface area contributed by atoms with Gasteiger partial charge in [-0.1, -0.05) is 22.9 Å². The van der Waals surface area contributed by atoms with Crippen molar-refractivity contribution in [1.82, 2.24) is 4.90 Å². The molecule has 8 heteroatoms. The molecule has 0 radical (unpaired) electrons. The first kappa shape index (κ1) is 16.1. The largest absolute Gasteiger partial charge is 0.480 e. The van der Waals surface area contributed by atoms with Crippen LogP contribution in [0.2, 0.25) is 0 Å². The van der Waals surface area contributed by atoms with Gasteiger partial charge < -0.3 is 10.0 Å². The van der Waals surface area contributed by atoms with E-state index in [4.69, 9.17) is 5.11 Å². The second-order valence-corrected chi connectivity index (χ2v) is 4.95. The second-order valence-electron chi connectivity index (χ2n) is 4.04. The lowest BCUT2D eigenvalue weighted by Gasteiger charge is -2.19. The summed E-state index contributed by atoms with van der Waals surface area (Å²) in [6.07, 6.45) is 0.559. The smallest absolute Gasteiger partial charge is 0.323 e. The van der Waals surface area contributed by atoms with Crippen LogP contribution in [0.1, 0.15) is 23.7 Å². The van der Waals surface area contributed by atoms with Crippen molar-refractivity contribution in [3.63, 3.8) is 0 Å². The van der Waals surface area contributed by atoms with Crippen molar-refractivity contribution < 1.29 is 19.6 Å². The highest BCUT2D eigenvalue weighted by atomic mass is 79.9. The number of amides is 1. The van der Waals surface area contributed by atoms with Gasteiger partial charge in [-0.15, -0.1) is 0 Å². The Kier molecular flexibility index (Phi) is 5.63. The third-order valence-electron chi connectivity index (χ3n) is 2.49. The predicted molar refractivity (Wildman–Crippen MR) is 74.6 cm³/mol. The number of hydrogen-bond acceptors (Lipinski definition) is 4. The minimum Gasteiger partial charge on any atom is -0.480 e. The number of hydrogen-bond donors (Lipinski definition) is 1.